The molecule has 0 aliphatic rings. The van der Waals surface area contributed by atoms with Gasteiger partial charge in [0.2, 0.25) is 0 Å². The second-order valence-corrected chi connectivity index (χ2v) is 2.78. The van der Waals surface area contributed by atoms with Crippen molar-refractivity contribution < 1.29 is 5.11 Å². The zero-order chi connectivity index (χ0) is 8.27. The van der Waals surface area contributed by atoms with Gasteiger partial charge in [0.15, 0.2) is 0 Å². The molecule has 0 fully saturated rings. The molecule has 62 valence electrons. The van der Waals surface area contributed by atoms with Crippen molar-refractivity contribution in [1.82, 2.24) is 4.98 Å². The second-order valence-electron chi connectivity index (χ2n) is 2.38. The minimum atomic E-state index is -0.168. The number of nitrogens with one attached hydrogen (secondary N) is 1. The van der Waals surface area contributed by atoms with Crippen LogP contribution in [0, 0.1) is 0 Å². The van der Waals surface area contributed by atoms with Gasteiger partial charge in [-0.3, -0.25) is 0 Å². The SMILES string of the molecule is NC(CCO)c1c[nH]cc1Cl. The molecule has 4 N–H and O–H groups in total. The number of rotatable bonds is 3. The lowest BCUT2D eigenvalue weighted by molar-refractivity contribution is 0.276. The summed E-state index contributed by atoms with van der Waals surface area (Å²) in [5, 5.41) is 9.22. The van der Waals surface area contributed by atoms with Crippen molar-refractivity contribution >= 4 is 11.6 Å². The van der Waals surface area contributed by atoms with Crippen molar-refractivity contribution in [2.24, 2.45) is 5.73 Å². The molecule has 1 atom stereocenters. The van der Waals surface area contributed by atoms with Gasteiger partial charge in [0.25, 0.3) is 0 Å². The van der Waals surface area contributed by atoms with E-state index in [0.717, 1.165) is 5.56 Å². The molecule has 0 saturated carbocycles. The third kappa shape index (κ3) is 1.96. The van der Waals surface area contributed by atoms with Crippen molar-refractivity contribution in [1.29, 1.82) is 0 Å². The Morgan fingerprint density at radius 2 is 2.36 bits per heavy atom. The number of halogens is 1. The second kappa shape index (κ2) is 3.76. The van der Waals surface area contributed by atoms with Gasteiger partial charge in [-0.2, -0.15) is 0 Å². The van der Waals surface area contributed by atoms with E-state index in [9.17, 15) is 0 Å². The Morgan fingerprint density at radius 3 is 2.82 bits per heavy atom. The lowest BCUT2D eigenvalue weighted by Crippen LogP contribution is -2.11. The standard InChI is InChI=1S/C7H11ClN2O/c8-6-4-10-3-5(6)7(9)1-2-11/h3-4,7,10-11H,1-2,9H2. The Balaban J connectivity index is 2.67. The van der Waals surface area contributed by atoms with Gasteiger partial charge in [-0.15, -0.1) is 0 Å². The van der Waals surface area contributed by atoms with Crippen LogP contribution in [0.3, 0.4) is 0 Å². The Morgan fingerprint density at radius 1 is 1.64 bits per heavy atom. The van der Waals surface area contributed by atoms with Crippen LogP contribution in [0.25, 0.3) is 0 Å². The fraction of sp³-hybridized carbons (Fsp3) is 0.429. The van der Waals surface area contributed by atoms with E-state index in [-0.39, 0.29) is 12.6 Å². The van der Waals surface area contributed by atoms with E-state index in [0.29, 0.717) is 11.4 Å². The topological polar surface area (TPSA) is 62.0 Å². The van der Waals surface area contributed by atoms with Gasteiger partial charge >= 0.3 is 0 Å². The van der Waals surface area contributed by atoms with Gasteiger partial charge in [0.05, 0.1) is 5.02 Å². The summed E-state index contributed by atoms with van der Waals surface area (Å²) in [5.74, 6) is 0. The highest BCUT2D eigenvalue weighted by Crippen LogP contribution is 2.22. The largest absolute Gasteiger partial charge is 0.396 e. The van der Waals surface area contributed by atoms with Gasteiger partial charge in [0, 0.05) is 30.6 Å². The summed E-state index contributed by atoms with van der Waals surface area (Å²) in [6.07, 6.45) is 3.97. The monoisotopic (exact) mass is 174 g/mol. The summed E-state index contributed by atoms with van der Waals surface area (Å²) in [6, 6.07) is -0.168. The van der Waals surface area contributed by atoms with E-state index in [1.807, 2.05) is 0 Å². The number of nitrogens with two attached hydrogens (primary N) is 1. The van der Waals surface area contributed by atoms with Gasteiger partial charge in [0.1, 0.15) is 0 Å². The molecule has 0 bridgehead atoms. The molecule has 11 heavy (non-hydrogen) atoms. The summed E-state index contributed by atoms with van der Waals surface area (Å²) in [4.78, 5) is 2.84. The van der Waals surface area contributed by atoms with Crippen LogP contribution in [-0.2, 0) is 0 Å². The van der Waals surface area contributed by atoms with Crippen LogP contribution in [-0.4, -0.2) is 16.7 Å². The number of H-pyrrole nitrogens is 1. The van der Waals surface area contributed by atoms with Gasteiger partial charge in [-0.25, -0.2) is 0 Å². The number of aromatic amines is 1. The van der Waals surface area contributed by atoms with E-state index in [2.05, 4.69) is 4.98 Å². The molecule has 0 aliphatic carbocycles. The molecular weight excluding hydrogens is 164 g/mol. The summed E-state index contributed by atoms with van der Waals surface area (Å²) in [7, 11) is 0. The molecule has 0 aliphatic heterocycles. The van der Waals surface area contributed by atoms with Crippen LogP contribution in [0.5, 0.6) is 0 Å². The Bertz CT molecular complexity index is 224. The zero-order valence-electron chi connectivity index (χ0n) is 6.05. The van der Waals surface area contributed by atoms with Crippen LogP contribution in [0.15, 0.2) is 12.4 Å². The molecule has 1 aromatic rings. The third-order valence-corrected chi connectivity index (χ3v) is 1.89. The number of aromatic nitrogens is 1. The average molecular weight is 175 g/mol. The lowest BCUT2D eigenvalue weighted by atomic mass is 10.1. The Labute approximate surface area is 70.2 Å². The molecule has 1 aromatic heterocycles. The predicted octanol–water partition coefficient (Wildman–Crippen LogP) is 1.05. The van der Waals surface area contributed by atoms with Crippen molar-refractivity contribution in [2.75, 3.05) is 6.61 Å². The minimum absolute atomic E-state index is 0.0860. The van der Waals surface area contributed by atoms with Gasteiger partial charge in [-0.1, -0.05) is 11.6 Å². The fourth-order valence-corrected chi connectivity index (χ4v) is 1.19. The summed E-state index contributed by atoms with van der Waals surface area (Å²) in [6.45, 7) is 0.0860. The first-order valence-corrected chi connectivity index (χ1v) is 3.82. The molecule has 0 saturated heterocycles. The molecule has 1 rings (SSSR count). The Hall–Kier alpha value is -0.510. The molecule has 0 aromatic carbocycles. The number of aliphatic hydroxyl groups excluding tert-OH is 1. The third-order valence-electron chi connectivity index (χ3n) is 1.56. The number of hydrogen-bond acceptors (Lipinski definition) is 2. The fourth-order valence-electron chi connectivity index (χ4n) is 0.936. The van der Waals surface area contributed by atoms with Gasteiger partial charge < -0.3 is 15.8 Å². The normalized spacial score (nSPS) is 13.4. The van der Waals surface area contributed by atoms with E-state index < -0.39 is 0 Å². The molecule has 0 radical (unpaired) electrons. The molecule has 3 nitrogen and oxygen atoms in total. The van der Waals surface area contributed by atoms with Crippen LogP contribution in [0.4, 0.5) is 0 Å². The first-order chi connectivity index (χ1) is 5.25. The first kappa shape index (κ1) is 8.59. The number of hydrogen-bond donors (Lipinski definition) is 3. The average Bonchev–Trinajstić information content (AvgIpc) is 2.36. The zero-order valence-corrected chi connectivity index (χ0v) is 6.80. The maximum atomic E-state index is 8.59. The van der Waals surface area contributed by atoms with E-state index in [1.165, 1.54) is 0 Å². The van der Waals surface area contributed by atoms with Gasteiger partial charge in [-0.05, 0) is 6.42 Å². The summed E-state index contributed by atoms with van der Waals surface area (Å²) in [5.41, 5.74) is 6.55. The highest BCUT2D eigenvalue weighted by atomic mass is 35.5. The quantitative estimate of drug-likeness (QED) is 0.642. The molecule has 4 heteroatoms. The van der Waals surface area contributed by atoms with Crippen molar-refractivity contribution in [3.63, 3.8) is 0 Å². The first-order valence-electron chi connectivity index (χ1n) is 3.44. The lowest BCUT2D eigenvalue weighted by Gasteiger charge is -2.07. The van der Waals surface area contributed by atoms with Crippen molar-refractivity contribution in [3.8, 4) is 0 Å². The van der Waals surface area contributed by atoms with E-state index in [1.54, 1.807) is 12.4 Å². The highest BCUT2D eigenvalue weighted by Gasteiger charge is 2.09. The maximum absolute atomic E-state index is 8.59. The predicted molar refractivity (Wildman–Crippen MR) is 44.4 cm³/mol. The van der Waals surface area contributed by atoms with Crippen molar-refractivity contribution in [3.05, 3.63) is 23.0 Å². The molecule has 1 unspecified atom stereocenters. The molecule has 0 spiro atoms. The van der Waals surface area contributed by atoms with Crippen LogP contribution in [0.1, 0.15) is 18.0 Å². The van der Waals surface area contributed by atoms with Crippen LogP contribution < -0.4 is 5.73 Å². The van der Waals surface area contributed by atoms with Crippen LogP contribution >= 0.6 is 11.6 Å². The van der Waals surface area contributed by atoms with E-state index >= 15 is 0 Å². The van der Waals surface area contributed by atoms with Crippen LogP contribution in [0.2, 0.25) is 5.02 Å². The smallest absolute Gasteiger partial charge is 0.0628 e. The van der Waals surface area contributed by atoms with Crippen molar-refractivity contribution in [2.45, 2.75) is 12.5 Å². The number of aliphatic hydroxyl groups is 1. The maximum Gasteiger partial charge on any atom is 0.0628 e. The van der Waals surface area contributed by atoms with E-state index in [4.69, 9.17) is 22.4 Å². The Kier molecular flexibility index (Phi) is 2.93. The molecule has 1 heterocycles. The summed E-state index contributed by atoms with van der Waals surface area (Å²) >= 11 is 5.78. The summed E-state index contributed by atoms with van der Waals surface area (Å²) < 4.78 is 0. The molecule has 0 amide bonds. The highest BCUT2D eigenvalue weighted by molar-refractivity contribution is 6.31. The molecular formula is C7H11ClN2O. The minimum Gasteiger partial charge on any atom is -0.396 e.